The summed E-state index contributed by atoms with van der Waals surface area (Å²) in [6.07, 6.45) is 2.35. The van der Waals surface area contributed by atoms with Crippen molar-refractivity contribution in [1.82, 2.24) is 19.4 Å². The molecule has 0 saturated heterocycles. The minimum Gasteiger partial charge on any atom is -0.491 e. The van der Waals surface area contributed by atoms with Crippen LogP contribution in [0.25, 0.3) is 22.2 Å². The van der Waals surface area contributed by atoms with Crippen LogP contribution in [0.2, 0.25) is 30.7 Å². The number of hydrogen-bond donors (Lipinski definition) is 2. The number of nitrogens with one attached hydrogen (secondary N) is 2. The monoisotopic (exact) mass is 725 g/mol. The van der Waals surface area contributed by atoms with Gasteiger partial charge in [-0.25, -0.2) is 4.39 Å². The number of ether oxygens (including phenoxy) is 2. The number of anilines is 1. The predicted octanol–water partition coefficient (Wildman–Crippen LogP) is 7.64. The van der Waals surface area contributed by atoms with Crippen molar-refractivity contribution in [3.63, 3.8) is 0 Å². The van der Waals surface area contributed by atoms with Gasteiger partial charge in [0.15, 0.2) is 11.4 Å². The number of esters is 1. The average Bonchev–Trinajstić information content (AvgIpc) is 3.35. The average molecular weight is 726 g/mol. The number of hydrogen-bond acceptors (Lipinski definition) is 7. The number of carbonyl (C=O) groups is 2. The number of rotatable bonds is 13. The van der Waals surface area contributed by atoms with Crippen LogP contribution in [0.3, 0.4) is 0 Å². The van der Waals surface area contributed by atoms with Crippen LogP contribution in [-0.4, -0.2) is 53.3 Å². The fraction of sp³-hybridized carbons (Fsp3) is 0.459. The maximum Gasteiger partial charge on any atom is 0.325 e. The van der Waals surface area contributed by atoms with Gasteiger partial charge in [0.25, 0.3) is 11.5 Å². The second-order valence-corrected chi connectivity index (χ2v) is 21.8. The van der Waals surface area contributed by atoms with Gasteiger partial charge in [-0.1, -0.05) is 64.1 Å². The maximum atomic E-state index is 14.1. The SMILES string of the molecule is COC(=O)Cn1cc(-c2cc(Cl)c(OCC[Si](C)(C)C)c(C(=O)NC(C)(C)CC(C)(C)C)c2)c2c(=O)n(C)c(NCc3ccc(F)cc3)nc21. The summed E-state index contributed by atoms with van der Waals surface area (Å²) in [6.45, 7) is 17.5. The number of benzene rings is 2. The van der Waals surface area contributed by atoms with E-state index in [1.165, 1.54) is 23.8 Å². The number of amides is 1. The molecule has 1 amide bonds. The first-order valence-electron chi connectivity index (χ1n) is 16.6. The Balaban J connectivity index is 1.87. The van der Waals surface area contributed by atoms with Gasteiger partial charge in [-0.05, 0) is 67.1 Å². The second-order valence-electron chi connectivity index (χ2n) is 15.8. The number of fused-ring (bicyclic) bond motifs is 1. The molecule has 50 heavy (non-hydrogen) atoms. The Morgan fingerprint density at radius 1 is 1.06 bits per heavy atom. The van der Waals surface area contributed by atoms with Crippen molar-refractivity contribution < 1.29 is 23.5 Å². The predicted molar refractivity (Wildman–Crippen MR) is 200 cm³/mol. The molecule has 0 unspecified atom stereocenters. The molecule has 2 aromatic carbocycles. The first-order chi connectivity index (χ1) is 23.2. The van der Waals surface area contributed by atoms with E-state index >= 15 is 0 Å². The summed E-state index contributed by atoms with van der Waals surface area (Å²) in [5.74, 6) is -0.735. The van der Waals surface area contributed by atoms with E-state index in [4.69, 9.17) is 26.1 Å². The Morgan fingerprint density at radius 3 is 2.32 bits per heavy atom. The second kappa shape index (κ2) is 15.0. The molecule has 2 heterocycles. The highest BCUT2D eigenvalue weighted by molar-refractivity contribution is 6.76. The zero-order valence-corrected chi connectivity index (χ0v) is 32.5. The van der Waals surface area contributed by atoms with Gasteiger partial charge >= 0.3 is 5.97 Å². The van der Waals surface area contributed by atoms with Crippen LogP contribution in [0.4, 0.5) is 10.3 Å². The fourth-order valence-electron chi connectivity index (χ4n) is 6.07. The molecule has 0 radical (unpaired) electrons. The lowest BCUT2D eigenvalue weighted by Crippen LogP contribution is -2.46. The van der Waals surface area contributed by atoms with Gasteiger partial charge < -0.3 is 24.7 Å². The zero-order chi connectivity index (χ0) is 37.2. The molecule has 13 heteroatoms. The molecule has 0 bridgehead atoms. The van der Waals surface area contributed by atoms with Gasteiger partial charge in [-0.15, -0.1) is 0 Å². The molecule has 0 atom stereocenters. The summed E-state index contributed by atoms with van der Waals surface area (Å²) in [4.78, 5) is 45.4. The van der Waals surface area contributed by atoms with Crippen LogP contribution in [0.5, 0.6) is 5.75 Å². The largest absolute Gasteiger partial charge is 0.491 e. The summed E-state index contributed by atoms with van der Waals surface area (Å²) in [5.41, 5.74) is 1.17. The van der Waals surface area contributed by atoms with Crippen molar-refractivity contribution in [2.75, 3.05) is 19.0 Å². The van der Waals surface area contributed by atoms with E-state index in [9.17, 15) is 18.8 Å². The highest BCUT2D eigenvalue weighted by atomic mass is 35.5. The van der Waals surface area contributed by atoms with Gasteiger partial charge in [-0.2, -0.15) is 4.98 Å². The van der Waals surface area contributed by atoms with Crippen LogP contribution >= 0.6 is 11.6 Å². The summed E-state index contributed by atoms with van der Waals surface area (Å²) < 4.78 is 27.5. The van der Waals surface area contributed by atoms with E-state index in [1.807, 2.05) is 13.8 Å². The third kappa shape index (κ3) is 9.75. The number of halogens is 2. The van der Waals surface area contributed by atoms with Crippen molar-refractivity contribution in [2.45, 2.75) is 85.4 Å². The van der Waals surface area contributed by atoms with Gasteiger partial charge in [0, 0.05) is 39.0 Å². The molecule has 0 fully saturated rings. The van der Waals surface area contributed by atoms with E-state index in [-0.39, 0.29) is 69.1 Å². The Morgan fingerprint density at radius 2 is 1.72 bits per heavy atom. The van der Waals surface area contributed by atoms with Gasteiger partial charge in [-0.3, -0.25) is 19.0 Å². The van der Waals surface area contributed by atoms with Crippen LogP contribution < -0.4 is 20.9 Å². The number of carbonyl (C=O) groups excluding carboxylic acids is 2. The van der Waals surface area contributed by atoms with Crippen molar-refractivity contribution in [1.29, 1.82) is 0 Å². The van der Waals surface area contributed by atoms with Crippen molar-refractivity contribution in [3.8, 4) is 16.9 Å². The lowest BCUT2D eigenvalue weighted by molar-refractivity contribution is -0.141. The summed E-state index contributed by atoms with van der Waals surface area (Å²) in [7, 11) is 1.40. The fourth-order valence-corrected chi connectivity index (χ4v) is 7.06. The normalized spacial score (nSPS) is 12.2. The Bertz CT molecular complexity index is 1940. The standard InChI is InChI=1S/C37H49ClFN5O5Si/c1-36(2,3)22-37(4,5)42-33(46)26-17-24(18-28(38)31(26)49-15-16-50(8,9)10)27-20-44(21-29(45)48-7)32-30(27)34(47)43(6)35(41-32)40-19-23-11-13-25(39)14-12-23/h11-14,17-18,20H,15-16,19,21-22H2,1-10H3,(H,40,41)(H,42,46). The molecule has 270 valence electrons. The van der Waals surface area contributed by atoms with E-state index in [1.54, 1.807) is 42.1 Å². The quantitative estimate of drug-likeness (QED) is 0.108. The molecule has 2 N–H and O–H groups in total. The van der Waals surface area contributed by atoms with Gasteiger partial charge in [0.2, 0.25) is 5.95 Å². The lowest BCUT2D eigenvalue weighted by Gasteiger charge is -2.33. The number of nitrogens with zero attached hydrogens (tertiary/aromatic N) is 3. The molecule has 4 rings (SSSR count). The van der Waals surface area contributed by atoms with E-state index in [2.05, 4.69) is 51.0 Å². The van der Waals surface area contributed by atoms with E-state index in [0.29, 0.717) is 24.2 Å². The van der Waals surface area contributed by atoms with E-state index < -0.39 is 19.6 Å². The minimum atomic E-state index is -1.46. The van der Waals surface area contributed by atoms with Gasteiger partial charge in [0.05, 0.1) is 29.7 Å². The molecule has 0 aliphatic rings. The molecule has 0 aliphatic heterocycles. The van der Waals surface area contributed by atoms with Crippen molar-refractivity contribution in [2.24, 2.45) is 12.5 Å². The molecule has 0 saturated carbocycles. The number of methoxy groups -OCH3 is 1. The molecule has 0 aliphatic carbocycles. The Hall–Kier alpha value is -4.16. The van der Waals surface area contributed by atoms with Crippen LogP contribution in [0.1, 0.15) is 57.0 Å². The summed E-state index contributed by atoms with van der Waals surface area (Å²) in [5, 5.41) is 6.76. The smallest absolute Gasteiger partial charge is 0.325 e. The molecule has 4 aromatic rings. The molecule has 10 nitrogen and oxygen atoms in total. The highest BCUT2D eigenvalue weighted by Gasteiger charge is 2.30. The maximum absolute atomic E-state index is 14.1. The number of aromatic nitrogens is 3. The molecule has 0 spiro atoms. The Kier molecular flexibility index (Phi) is 11.6. The van der Waals surface area contributed by atoms with Gasteiger partial charge in [0.1, 0.15) is 12.4 Å². The summed E-state index contributed by atoms with van der Waals surface area (Å²) >= 11 is 6.92. The molecule has 2 aromatic heterocycles. The van der Waals surface area contributed by atoms with Crippen LogP contribution in [0.15, 0.2) is 47.4 Å². The topological polar surface area (TPSA) is 116 Å². The zero-order valence-electron chi connectivity index (χ0n) is 30.7. The molecular weight excluding hydrogens is 677 g/mol. The molecular formula is C37H49ClFN5O5Si. The first kappa shape index (κ1) is 38.6. The third-order valence-electron chi connectivity index (χ3n) is 8.11. The van der Waals surface area contributed by atoms with Crippen molar-refractivity contribution >= 4 is 48.5 Å². The lowest BCUT2D eigenvalue weighted by atomic mass is 9.81. The first-order valence-corrected chi connectivity index (χ1v) is 20.7. The van der Waals surface area contributed by atoms with E-state index in [0.717, 1.165) is 11.6 Å². The highest BCUT2D eigenvalue weighted by Crippen LogP contribution is 2.38. The summed E-state index contributed by atoms with van der Waals surface area (Å²) in [6, 6.07) is 10.2. The van der Waals surface area contributed by atoms with Crippen LogP contribution in [0, 0.1) is 11.2 Å². The van der Waals surface area contributed by atoms with Crippen LogP contribution in [-0.2, 0) is 29.7 Å². The van der Waals surface area contributed by atoms with Crippen molar-refractivity contribution in [3.05, 3.63) is 74.9 Å². The third-order valence-corrected chi connectivity index (χ3v) is 10.1. The minimum absolute atomic E-state index is 0.0474. The Labute approximate surface area is 299 Å².